The summed E-state index contributed by atoms with van der Waals surface area (Å²) < 4.78 is 1.22. The fraction of sp³-hybridized carbons (Fsp3) is 0.600. The topological polar surface area (TPSA) is 0 Å². The highest BCUT2D eigenvalue weighted by molar-refractivity contribution is 9.10. The highest BCUT2D eigenvalue weighted by Crippen LogP contribution is 2.29. The Balaban J connectivity index is 2.63. The van der Waals surface area contributed by atoms with Gasteiger partial charge < -0.3 is 0 Å². The zero-order chi connectivity index (χ0) is 9.19. The zero-order valence-electron chi connectivity index (χ0n) is 7.86. The summed E-state index contributed by atoms with van der Waals surface area (Å²) in [6.45, 7) is 6.89. The lowest BCUT2D eigenvalue weighted by molar-refractivity contribution is 0.352. The van der Waals surface area contributed by atoms with Crippen LogP contribution < -0.4 is 0 Å². The van der Waals surface area contributed by atoms with Gasteiger partial charge in [0.2, 0.25) is 0 Å². The number of rotatable bonds is 3. The largest absolute Gasteiger partial charge is 0.148 e. The molecule has 0 radical (unpaired) electrons. The van der Waals surface area contributed by atoms with Crippen LogP contribution in [0.25, 0.3) is 0 Å². The number of hydrogen-bond donors (Lipinski definition) is 0. The third-order valence-corrected chi connectivity index (χ3v) is 3.93. The molecular formula is C10H15BrS. The van der Waals surface area contributed by atoms with Crippen molar-refractivity contribution in [2.24, 2.45) is 5.41 Å². The van der Waals surface area contributed by atoms with Gasteiger partial charge in [0.1, 0.15) is 0 Å². The predicted octanol–water partition coefficient (Wildman–Crippen LogP) is 4.49. The van der Waals surface area contributed by atoms with Gasteiger partial charge in [0.05, 0.1) is 0 Å². The molecule has 0 saturated carbocycles. The molecular weight excluding hydrogens is 232 g/mol. The lowest BCUT2D eigenvalue weighted by atomic mass is 9.86. The van der Waals surface area contributed by atoms with E-state index in [-0.39, 0.29) is 0 Å². The molecule has 0 fully saturated rings. The maximum Gasteiger partial charge on any atom is 0.0285 e. The molecule has 1 rings (SSSR count). The second kappa shape index (κ2) is 3.93. The number of thiophene rings is 1. The van der Waals surface area contributed by atoms with Crippen LogP contribution in [0.5, 0.6) is 0 Å². The van der Waals surface area contributed by atoms with E-state index in [2.05, 4.69) is 48.1 Å². The summed E-state index contributed by atoms with van der Waals surface area (Å²) in [6, 6.07) is 2.22. The number of hydrogen-bond acceptors (Lipinski definition) is 1. The van der Waals surface area contributed by atoms with E-state index >= 15 is 0 Å². The fourth-order valence-electron chi connectivity index (χ4n) is 1.04. The van der Waals surface area contributed by atoms with Crippen molar-refractivity contribution >= 4 is 27.3 Å². The van der Waals surface area contributed by atoms with E-state index in [1.54, 1.807) is 0 Å². The Morgan fingerprint density at radius 1 is 1.50 bits per heavy atom. The minimum Gasteiger partial charge on any atom is -0.148 e. The van der Waals surface area contributed by atoms with E-state index in [1.165, 1.54) is 22.2 Å². The van der Waals surface area contributed by atoms with Crippen molar-refractivity contribution in [2.75, 3.05) is 0 Å². The molecule has 2 heteroatoms. The van der Waals surface area contributed by atoms with Crippen LogP contribution in [0.2, 0.25) is 0 Å². The van der Waals surface area contributed by atoms with Crippen LogP contribution in [0.1, 0.15) is 32.1 Å². The van der Waals surface area contributed by atoms with Crippen LogP contribution in [-0.4, -0.2) is 0 Å². The summed E-state index contributed by atoms with van der Waals surface area (Å²) >= 11 is 5.32. The first-order chi connectivity index (χ1) is 5.53. The molecule has 1 heterocycles. The quantitative estimate of drug-likeness (QED) is 0.738. The van der Waals surface area contributed by atoms with Gasteiger partial charge in [0.15, 0.2) is 0 Å². The second-order valence-corrected chi connectivity index (χ2v) is 5.84. The summed E-state index contributed by atoms with van der Waals surface area (Å²) in [6.07, 6.45) is 2.43. The zero-order valence-corrected chi connectivity index (χ0v) is 10.3. The summed E-state index contributed by atoms with van der Waals surface area (Å²) in [7, 11) is 0. The van der Waals surface area contributed by atoms with Gasteiger partial charge in [-0.1, -0.05) is 27.2 Å². The smallest absolute Gasteiger partial charge is 0.0285 e. The fourth-order valence-corrected chi connectivity index (χ4v) is 2.75. The summed E-state index contributed by atoms with van der Waals surface area (Å²) in [5.74, 6) is 0. The third-order valence-electron chi connectivity index (χ3n) is 2.23. The van der Waals surface area contributed by atoms with Gasteiger partial charge in [-0.25, -0.2) is 0 Å². The monoisotopic (exact) mass is 246 g/mol. The second-order valence-electron chi connectivity index (χ2n) is 3.93. The normalized spacial score (nSPS) is 12.0. The molecule has 0 amide bonds. The lowest BCUT2D eigenvalue weighted by Gasteiger charge is -2.21. The molecule has 0 aromatic carbocycles. The van der Waals surface area contributed by atoms with Crippen molar-refractivity contribution < 1.29 is 0 Å². The maximum absolute atomic E-state index is 3.47. The van der Waals surface area contributed by atoms with E-state index in [0.29, 0.717) is 5.41 Å². The Morgan fingerprint density at radius 3 is 2.58 bits per heavy atom. The molecule has 0 nitrogen and oxygen atoms in total. The highest BCUT2D eigenvalue weighted by atomic mass is 79.9. The van der Waals surface area contributed by atoms with Crippen molar-refractivity contribution in [1.29, 1.82) is 0 Å². The molecule has 0 spiro atoms. The SMILES string of the molecule is CCC(C)(C)Cc1cc(Br)cs1. The van der Waals surface area contributed by atoms with Gasteiger partial charge in [-0.3, -0.25) is 0 Å². The van der Waals surface area contributed by atoms with Crippen molar-refractivity contribution in [3.05, 3.63) is 20.8 Å². The van der Waals surface area contributed by atoms with Crippen LogP contribution >= 0.6 is 27.3 Å². The molecule has 1 aromatic rings. The Labute approximate surface area is 87.1 Å². The molecule has 0 aliphatic carbocycles. The third kappa shape index (κ3) is 2.91. The average Bonchev–Trinajstić information content (AvgIpc) is 2.35. The summed E-state index contributed by atoms with van der Waals surface area (Å²) in [5, 5.41) is 2.15. The van der Waals surface area contributed by atoms with E-state index in [0.717, 1.165) is 0 Å². The molecule has 1 aromatic heterocycles. The molecule has 0 N–H and O–H groups in total. The lowest BCUT2D eigenvalue weighted by Crippen LogP contribution is -2.12. The maximum atomic E-state index is 3.47. The molecule has 12 heavy (non-hydrogen) atoms. The molecule has 0 atom stereocenters. The first-order valence-corrected chi connectivity index (χ1v) is 5.94. The minimum atomic E-state index is 0.449. The number of halogens is 1. The average molecular weight is 247 g/mol. The van der Waals surface area contributed by atoms with Gasteiger partial charge in [-0.15, -0.1) is 11.3 Å². The first kappa shape index (κ1) is 10.3. The van der Waals surface area contributed by atoms with Crippen molar-refractivity contribution in [3.63, 3.8) is 0 Å². The van der Waals surface area contributed by atoms with E-state index < -0.39 is 0 Å². The minimum absolute atomic E-state index is 0.449. The molecule has 0 bridgehead atoms. The van der Waals surface area contributed by atoms with Crippen molar-refractivity contribution in [3.8, 4) is 0 Å². The summed E-state index contributed by atoms with van der Waals surface area (Å²) in [4.78, 5) is 1.48. The predicted molar refractivity (Wildman–Crippen MR) is 59.8 cm³/mol. The van der Waals surface area contributed by atoms with Crippen molar-refractivity contribution in [2.45, 2.75) is 33.6 Å². The van der Waals surface area contributed by atoms with E-state index in [1.807, 2.05) is 11.3 Å². The van der Waals surface area contributed by atoms with Crippen molar-refractivity contribution in [1.82, 2.24) is 0 Å². The van der Waals surface area contributed by atoms with Gasteiger partial charge >= 0.3 is 0 Å². The molecule has 68 valence electrons. The first-order valence-electron chi connectivity index (χ1n) is 4.26. The Hall–Kier alpha value is 0.180. The standard InChI is InChI=1S/C10H15BrS/c1-4-10(2,3)6-9-5-8(11)7-12-9/h5,7H,4,6H2,1-3H3. The Kier molecular flexibility index (Phi) is 3.36. The van der Waals surface area contributed by atoms with Gasteiger partial charge in [0, 0.05) is 14.7 Å². The van der Waals surface area contributed by atoms with Crippen LogP contribution in [0.15, 0.2) is 15.9 Å². The van der Waals surface area contributed by atoms with Crippen LogP contribution in [0.3, 0.4) is 0 Å². The highest BCUT2D eigenvalue weighted by Gasteiger charge is 2.16. The summed E-state index contributed by atoms with van der Waals surface area (Å²) in [5.41, 5.74) is 0.449. The van der Waals surface area contributed by atoms with Crippen LogP contribution in [-0.2, 0) is 6.42 Å². The Morgan fingerprint density at radius 2 is 2.17 bits per heavy atom. The van der Waals surface area contributed by atoms with Gasteiger partial charge in [-0.05, 0) is 33.8 Å². The molecule has 0 aliphatic rings. The van der Waals surface area contributed by atoms with Crippen LogP contribution in [0.4, 0.5) is 0 Å². The Bertz CT molecular complexity index is 250. The molecule has 0 aliphatic heterocycles. The van der Waals surface area contributed by atoms with E-state index in [4.69, 9.17) is 0 Å². The van der Waals surface area contributed by atoms with E-state index in [9.17, 15) is 0 Å². The molecule has 0 saturated heterocycles. The van der Waals surface area contributed by atoms with Gasteiger partial charge in [-0.2, -0.15) is 0 Å². The van der Waals surface area contributed by atoms with Gasteiger partial charge in [0.25, 0.3) is 0 Å². The van der Waals surface area contributed by atoms with Crippen LogP contribution in [0, 0.1) is 5.41 Å². The molecule has 0 unspecified atom stereocenters.